The third-order valence-electron chi connectivity index (χ3n) is 4.27. The summed E-state index contributed by atoms with van der Waals surface area (Å²) in [6, 6.07) is 0.316. The summed E-state index contributed by atoms with van der Waals surface area (Å²) in [7, 11) is 1.95. The van der Waals surface area contributed by atoms with E-state index in [2.05, 4.69) is 33.0 Å². The fourth-order valence-electron chi connectivity index (χ4n) is 2.39. The highest BCUT2D eigenvalue weighted by Crippen LogP contribution is 2.32. The van der Waals surface area contributed by atoms with Crippen molar-refractivity contribution in [3.05, 3.63) is 0 Å². The van der Waals surface area contributed by atoms with E-state index in [1.54, 1.807) is 0 Å². The number of carbonyl (C=O) groups is 1. The third kappa shape index (κ3) is 2.40. The zero-order valence-corrected chi connectivity index (χ0v) is 11.3. The molecule has 3 nitrogen and oxygen atoms in total. The molecule has 0 aromatic rings. The lowest BCUT2D eigenvalue weighted by molar-refractivity contribution is -0.142. The summed E-state index contributed by atoms with van der Waals surface area (Å²) in [5.74, 6) is 0.832. The van der Waals surface area contributed by atoms with Crippen LogP contribution in [0.4, 0.5) is 0 Å². The Morgan fingerprint density at radius 3 is 2.44 bits per heavy atom. The van der Waals surface area contributed by atoms with Crippen molar-refractivity contribution in [1.29, 1.82) is 0 Å². The van der Waals surface area contributed by atoms with E-state index in [4.69, 9.17) is 0 Å². The van der Waals surface area contributed by atoms with E-state index in [1.165, 1.54) is 0 Å². The number of amides is 1. The van der Waals surface area contributed by atoms with E-state index in [9.17, 15) is 4.79 Å². The monoisotopic (exact) mass is 226 g/mol. The smallest absolute Gasteiger partial charge is 0.230 e. The molecule has 1 heterocycles. The first-order valence-corrected chi connectivity index (χ1v) is 6.42. The summed E-state index contributed by atoms with van der Waals surface area (Å²) in [4.78, 5) is 14.5. The maximum Gasteiger partial charge on any atom is 0.230 e. The molecule has 0 aromatic heterocycles. The molecule has 2 unspecified atom stereocenters. The second-order valence-corrected chi connectivity index (χ2v) is 5.46. The predicted octanol–water partition coefficient (Wildman–Crippen LogP) is 1.88. The van der Waals surface area contributed by atoms with Crippen LogP contribution in [0.1, 0.15) is 40.5 Å². The number of nitrogens with zero attached hydrogens (tertiary/aromatic N) is 1. The Balaban J connectivity index is 2.75. The van der Waals surface area contributed by atoms with Crippen LogP contribution < -0.4 is 5.32 Å². The van der Waals surface area contributed by atoms with Gasteiger partial charge >= 0.3 is 0 Å². The maximum atomic E-state index is 12.5. The van der Waals surface area contributed by atoms with E-state index in [1.807, 2.05) is 11.9 Å². The molecule has 2 atom stereocenters. The first-order valence-electron chi connectivity index (χ1n) is 6.42. The Labute approximate surface area is 99.6 Å². The SMILES string of the molecule is CCC1(C(=O)N(C)C(C)C(C)C)CCNC1. The van der Waals surface area contributed by atoms with Gasteiger partial charge in [-0.05, 0) is 32.2 Å². The third-order valence-corrected chi connectivity index (χ3v) is 4.27. The molecule has 0 aromatic carbocycles. The van der Waals surface area contributed by atoms with Crippen molar-refractivity contribution in [3.63, 3.8) is 0 Å². The van der Waals surface area contributed by atoms with Gasteiger partial charge in [0.05, 0.1) is 5.41 Å². The first-order chi connectivity index (χ1) is 7.44. The summed E-state index contributed by atoms with van der Waals surface area (Å²) in [6.45, 7) is 10.4. The molecule has 0 radical (unpaired) electrons. The Morgan fingerprint density at radius 2 is 2.06 bits per heavy atom. The zero-order chi connectivity index (χ0) is 12.3. The average molecular weight is 226 g/mol. The van der Waals surface area contributed by atoms with Crippen molar-refractivity contribution < 1.29 is 4.79 Å². The molecule has 1 N–H and O–H groups in total. The fourth-order valence-corrected chi connectivity index (χ4v) is 2.39. The van der Waals surface area contributed by atoms with Crippen LogP contribution in [-0.4, -0.2) is 37.0 Å². The van der Waals surface area contributed by atoms with Crippen molar-refractivity contribution in [1.82, 2.24) is 10.2 Å². The quantitative estimate of drug-likeness (QED) is 0.794. The van der Waals surface area contributed by atoms with Gasteiger partial charge in [-0.1, -0.05) is 20.8 Å². The largest absolute Gasteiger partial charge is 0.342 e. The molecule has 0 aliphatic carbocycles. The lowest BCUT2D eigenvalue weighted by atomic mass is 9.82. The maximum absolute atomic E-state index is 12.5. The highest BCUT2D eigenvalue weighted by atomic mass is 16.2. The van der Waals surface area contributed by atoms with E-state index in [0.717, 1.165) is 25.9 Å². The zero-order valence-electron chi connectivity index (χ0n) is 11.3. The Hall–Kier alpha value is -0.570. The minimum atomic E-state index is -0.141. The normalized spacial score (nSPS) is 27.1. The minimum Gasteiger partial charge on any atom is -0.342 e. The highest BCUT2D eigenvalue weighted by Gasteiger charge is 2.42. The van der Waals surface area contributed by atoms with E-state index in [-0.39, 0.29) is 5.41 Å². The standard InChI is InChI=1S/C13H26N2O/c1-6-13(7-8-14-9-13)12(16)15(5)11(4)10(2)3/h10-11,14H,6-9H2,1-5H3. The van der Waals surface area contributed by atoms with Crippen LogP contribution in [0, 0.1) is 11.3 Å². The number of nitrogens with one attached hydrogen (secondary N) is 1. The molecule has 1 aliphatic rings. The van der Waals surface area contributed by atoms with Crippen molar-refractivity contribution in [3.8, 4) is 0 Å². The molecule has 1 saturated heterocycles. The molecule has 94 valence electrons. The summed E-state index contributed by atoms with van der Waals surface area (Å²) in [5, 5.41) is 3.32. The predicted molar refractivity (Wildman–Crippen MR) is 67.3 cm³/mol. The lowest BCUT2D eigenvalue weighted by Crippen LogP contribution is -2.48. The van der Waals surface area contributed by atoms with Crippen LogP contribution in [0.3, 0.4) is 0 Å². The highest BCUT2D eigenvalue weighted by molar-refractivity contribution is 5.83. The van der Waals surface area contributed by atoms with Crippen molar-refractivity contribution in [2.75, 3.05) is 20.1 Å². The summed E-state index contributed by atoms with van der Waals surface area (Å²) in [6.07, 6.45) is 1.92. The molecule has 1 rings (SSSR count). The summed E-state index contributed by atoms with van der Waals surface area (Å²) in [5.41, 5.74) is -0.141. The van der Waals surface area contributed by atoms with Crippen LogP contribution in [0.15, 0.2) is 0 Å². The number of hydrogen-bond acceptors (Lipinski definition) is 2. The van der Waals surface area contributed by atoms with Crippen molar-refractivity contribution in [2.45, 2.75) is 46.6 Å². The van der Waals surface area contributed by atoms with Crippen molar-refractivity contribution in [2.24, 2.45) is 11.3 Å². The van der Waals surface area contributed by atoms with Gasteiger partial charge in [0.15, 0.2) is 0 Å². The van der Waals surface area contributed by atoms with Crippen molar-refractivity contribution >= 4 is 5.91 Å². The van der Waals surface area contributed by atoms with Gasteiger partial charge in [0.2, 0.25) is 5.91 Å². The average Bonchev–Trinajstić information content (AvgIpc) is 2.75. The molecule has 1 amide bonds. The van der Waals surface area contributed by atoms with Gasteiger partial charge in [0.1, 0.15) is 0 Å². The molecule has 1 aliphatic heterocycles. The van der Waals surface area contributed by atoms with E-state index in [0.29, 0.717) is 17.9 Å². The first kappa shape index (κ1) is 13.5. The molecular weight excluding hydrogens is 200 g/mol. The van der Waals surface area contributed by atoms with Gasteiger partial charge in [0.25, 0.3) is 0 Å². The van der Waals surface area contributed by atoms with Gasteiger partial charge in [-0.25, -0.2) is 0 Å². The van der Waals surface area contributed by atoms with Gasteiger partial charge in [-0.3, -0.25) is 4.79 Å². The topological polar surface area (TPSA) is 32.3 Å². The Morgan fingerprint density at radius 1 is 1.44 bits per heavy atom. The number of hydrogen-bond donors (Lipinski definition) is 1. The van der Waals surface area contributed by atoms with Gasteiger partial charge in [0, 0.05) is 19.6 Å². The molecule has 3 heteroatoms. The molecule has 0 saturated carbocycles. The molecule has 1 fully saturated rings. The van der Waals surface area contributed by atoms with Crippen LogP contribution in [0.2, 0.25) is 0 Å². The number of carbonyl (C=O) groups excluding carboxylic acids is 1. The fraction of sp³-hybridized carbons (Fsp3) is 0.923. The molecule has 0 bridgehead atoms. The van der Waals surface area contributed by atoms with E-state index >= 15 is 0 Å². The van der Waals surface area contributed by atoms with Crippen LogP contribution in [0.25, 0.3) is 0 Å². The second-order valence-electron chi connectivity index (χ2n) is 5.46. The van der Waals surface area contributed by atoms with Gasteiger partial charge in [-0.2, -0.15) is 0 Å². The lowest BCUT2D eigenvalue weighted by Gasteiger charge is -2.36. The van der Waals surface area contributed by atoms with Gasteiger partial charge < -0.3 is 10.2 Å². The van der Waals surface area contributed by atoms with Crippen LogP contribution in [0.5, 0.6) is 0 Å². The molecule has 0 spiro atoms. The Bertz CT molecular complexity index is 244. The second kappa shape index (κ2) is 5.17. The van der Waals surface area contributed by atoms with Crippen LogP contribution in [-0.2, 0) is 4.79 Å². The summed E-state index contributed by atoms with van der Waals surface area (Å²) < 4.78 is 0. The summed E-state index contributed by atoms with van der Waals surface area (Å²) >= 11 is 0. The van der Waals surface area contributed by atoms with Crippen LogP contribution >= 0.6 is 0 Å². The Kier molecular flexibility index (Phi) is 4.36. The number of rotatable bonds is 4. The van der Waals surface area contributed by atoms with Gasteiger partial charge in [-0.15, -0.1) is 0 Å². The van der Waals surface area contributed by atoms with E-state index < -0.39 is 0 Å². The molecule has 16 heavy (non-hydrogen) atoms. The molecular formula is C13H26N2O. The minimum absolute atomic E-state index is 0.141.